The van der Waals surface area contributed by atoms with E-state index in [9.17, 15) is 14.2 Å². The van der Waals surface area contributed by atoms with Crippen LogP contribution < -0.4 is 0 Å². The molecule has 0 aromatic heterocycles. The molecule has 0 aromatic carbocycles. The molecular formula is C33H65O8P. The van der Waals surface area contributed by atoms with Crippen LogP contribution in [-0.4, -0.2) is 41.0 Å². The van der Waals surface area contributed by atoms with E-state index in [4.69, 9.17) is 19.3 Å². The summed E-state index contributed by atoms with van der Waals surface area (Å²) in [5, 5.41) is 0. The molecule has 0 aliphatic heterocycles. The van der Waals surface area contributed by atoms with Gasteiger partial charge in [0.2, 0.25) is 0 Å². The molecule has 1 atom stereocenters. The Labute approximate surface area is 257 Å². The van der Waals surface area contributed by atoms with E-state index in [2.05, 4.69) is 18.4 Å². The summed E-state index contributed by atoms with van der Waals surface area (Å²) >= 11 is 0. The van der Waals surface area contributed by atoms with Gasteiger partial charge in [-0.15, -0.1) is 0 Å². The van der Waals surface area contributed by atoms with E-state index in [1.807, 2.05) is 0 Å². The lowest BCUT2D eigenvalue weighted by Gasteiger charge is -2.18. The second kappa shape index (κ2) is 30.1. The number of hydrogen-bond acceptors (Lipinski definition) is 6. The maximum absolute atomic E-state index is 12.3. The van der Waals surface area contributed by atoms with Gasteiger partial charge < -0.3 is 19.3 Å². The fourth-order valence-electron chi connectivity index (χ4n) is 5.02. The largest absolute Gasteiger partial charge is 0.469 e. The summed E-state index contributed by atoms with van der Waals surface area (Å²) in [6.45, 7) is 3.64. The zero-order valence-corrected chi connectivity index (χ0v) is 28.1. The standard InChI is InChI=1S/C33H65O8P/c1-3-5-7-9-11-13-14-15-16-17-18-19-20-22-24-26-28-33(35)41-31(30-40-42(36,37)38)29-39-32(34)27-25-23-21-12-10-8-6-4-2/h31H,3-30H2,1-2H3,(H2,36,37,38). The molecule has 250 valence electrons. The van der Waals surface area contributed by atoms with Gasteiger partial charge in [0.25, 0.3) is 0 Å². The average molecular weight is 621 g/mol. The fraction of sp³-hybridized carbons (Fsp3) is 0.939. The number of phosphoric acid groups is 1. The predicted octanol–water partition coefficient (Wildman–Crippen LogP) is 9.73. The Balaban J connectivity index is 3.92. The highest BCUT2D eigenvalue weighted by Gasteiger charge is 2.22. The molecule has 0 aromatic rings. The number of phosphoric ester groups is 1. The Morgan fingerprint density at radius 3 is 1.21 bits per heavy atom. The highest BCUT2D eigenvalue weighted by atomic mass is 31.2. The van der Waals surface area contributed by atoms with E-state index < -0.39 is 32.5 Å². The molecular weight excluding hydrogens is 555 g/mol. The number of ether oxygens (including phenoxy) is 2. The minimum absolute atomic E-state index is 0.219. The van der Waals surface area contributed by atoms with Gasteiger partial charge in [0.15, 0.2) is 6.10 Å². The third-order valence-corrected chi connectivity index (χ3v) is 8.11. The van der Waals surface area contributed by atoms with E-state index in [1.54, 1.807) is 0 Å². The SMILES string of the molecule is CCCCCCCCCCCCCCCCCCC(=O)OC(COC(=O)CCCCCCCCCC)COP(=O)(O)O. The lowest BCUT2D eigenvalue weighted by molar-refractivity contribution is -0.161. The van der Waals surface area contributed by atoms with Crippen LogP contribution in [-0.2, 0) is 28.2 Å². The van der Waals surface area contributed by atoms with Gasteiger partial charge in [-0.3, -0.25) is 14.1 Å². The van der Waals surface area contributed by atoms with Crippen LogP contribution in [0.1, 0.15) is 181 Å². The third kappa shape index (κ3) is 32.0. The number of esters is 2. The van der Waals surface area contributed by atoms with Gasteiger partial charge >= 0.3 is 19.8 Å². The van der Waals surface area contributed by atoms with Crippen LogP contribution in [0.15, 0.2) is 0 Å². The smallest absolute Gasteiger partial charge is 0.462 e. The fourth-order valence-corrected chi connectivity index (χ4v) is 5.38. The number of hydrogen-bond donors (Lipinski definition) is 2. The molecule has 0 rings (SSSR count). The van der Waals surface area contributed by atoms with Crippen molar-refractivity contribution in [1.29, 1.82) is 0 Å². The molecule has 0 aliphatic rings. The van der Waals surface area contributed by atoms with E-state index in [0.29, 0.717) is 6.42 Å². The summed E-state index contributed by atoms with van der Waals surface area (Å²) in [7, 11) is -4.73. The number of carbonyl (C=O) groups is 2. The monoisotopic (exact) mass is 620 g/mol. The summed E-state index contributed by atoms with van der Waals surface area (Å²) in [6.07, 6.45) is 28.4. The Morgan fingerprint density at radius 2 is 0.857 bits per heavy atom. The molecule has 0 heterocycles. The van der Waals surface area contributed by atoms with Crippen LogP contribution in [0.25, 0.3) is 0 Å². The minimum Gasteiger partial charge on any atom is -0.462 e. The van der Waals surface area contributed by atoms with Gasteiger partial charge in [0, 0.05) is 12.8 Å². The van der Waals surface area contributed by atoms with Crippen molar-refractivity contribution in [2.45, 2.75) is 187 Å². The molecule has 0 bridgehead atoms. The van der Waals surface area contributed by atoms with Gasteiger partial charge in [-0.1, -0.05) is 155 Å². The molecule has 9 heteroatoms. The summed E-state index contributed by atoms with van der Waals surface area (Å²) < 4.78 is 26.2. The molecule has 0 amide bonds. The van der Waals surface area contributed by atoms with Gasteiger partial charge in [0.1, 0.15) is 6.61 Å². The minimum atomic E-state index is -4.73. The van der Waals surface area contributed by atoms with Gasteiger partial charge in [0.05, 0.1) is 6.61 Å². The van der Waals surface area contributed by atoms with Crippen molar-refractivity contribution in [2.24, 2.45) is 0 Å². The predicted molar refractivity (Wildman–Crippen MR) is 170 cm³/mol. The van der Waals surface area contributed by atoms with E-state index in [1.165, 1.54) is 116 Å². The topological polar surface area (TPSA) is 119 Å². The molecule has 0 aliphatic carbocycles. The van der Waals surface area contributed by atoms with Crippen molar-refractivity contribution >= 4 is 19.8 Å². The molecule has 0 fully saturated rings. The zero-order chi connectivity index (χ0) is 31.2. The molecule has 0 radical (unpaired) electrons. The lowest BCUT2D eigenvalue weighted by atomic mass is 10.0. The summed E-state index contributed by atoms with van der Waals surface area (Å²) in [5.41, 5.74) is 0. The maximum atomic E-state index is 12.3. The van der Waals surface area contributed by atoms with Crippen LogP contribution in [0, 0.1) is 0 Å². The zero-order valence-electron chi connectivity index (χ0n) is 27.2. The molecule has 0 spiro atoms. The van der Waals surface area contributed by atoms with Crippen molar-refractivity contribution in [3.63, 3.8) is 0 Å². The normalized spacial score (nSPS) is 12.4. The Hall–Kier alpha value is -0.950. The van der Waals surface area contributed by atoms with Crippen LogP contribution >= 0.6 is 7.82 Å². The van der Waals surface area contributed by atoms with Gasteiger partial charge in [-0.2, -0.15) is 0 Å². The summed E-state index contributed by atoms with van der Waals surface area (Å²) in [6, 6.07) is 0. The molecule has 2 N–H and O–H groups in total. The van der Waals surface area contributed by atoms with Crippen LogP contribution in [0.3, 0.4) is 0 Å². The summed E-state index contributed by atoms with van der Waals surface area (Å²) in [5.74, 6) is -0.880. The second-order valence-corrected chi connectivity index (χ2v) is 13.1. The molecule has 0 saturated carbocycles. The molecule has 1 unspecified atom stereocenters. The first-order chi connectivity index (χ1) is 20.3. The quantitative estimate of drug-likeness (QED) is 0.0433. The van der Waals surface area contributed by atoms with Crippen molar-refractivity contribution in [3.8, 4) is 0 Å². The van der Waals surface area contributed by atoms with Crippen molar-refractivity contribution < 1.29 is 37.9 Å². The Bertz CT molecular complexity index is 666. The van der Waals surface area contributed by atoms with Crippen LogP contribution in [0.4, 0.5) is 0 Å². The van der Waals surface area contributed by atoms with E-state index in [0.717, 1.165) is 32.1 Å². The summed E-state index contributed by atoms with van der Waals surface area (Å²) in [4.78, 5) is 42.4. The van der Waals surface area contributed by atoms with Gasteiger partial charge in [-0.25, -0.2) is 4.57 Å². The second-order valence-electron chi connectivity index (χ2n) is 11.9. The highest BCUT2D eigenvalue weighted by molar-refractivity contribution is 7.46. The van der Waals surface area contributed by atoms with Crippen molar-refractivity contribution in [1.82, 2.24) is 0 Å². The molecule has 0 saturated heterocycles. The number of carbonyl (C=O) groups excluding carboxylic acids is 2. The first-order valence-electron chi connectivity index (χ1n) is 17.3. The van der Waals surface area contributed by atoms with Crippen LogP contribution in [0.5, 0.6) is 0 Å². The first-order valence-corrected chi connectivity index (χ1v) is 18.9. The highest BCUT2D eigenvalue weighted by Crippen LogP contribution is 2.36. The molecule has 42 heavy (non-hydrogen) atoms. The van der Waals surface area contributed by atoms with Crippen LogP contribution in [0.2, 0.25) is 0 Å². The average Bonchev–Trinajstić information content (AvgIpc) is 2.95. The van der Waals surface area contributed by atoms with E-state index >= 15 is 0 Å². The van der Waals surface area contributed by atoms with E-state index in [-0.39, 0.29) is 19.4 Å². The van der Waals surface area contributed by atoms with Crippen molar-refractivity contribution in [3.05, 3.63) is 0 Å². The number of rotatable bonds is 32. The number of unbranched alkanes of at least 4 members (excludes halogenated alkanes) is 22. The lowest BCUT2D eigenvalue weighted by Crippen LogP contribution is -2.29. The Kier molecular flexibility index (Phi) is 29.4. The first kappa shape index (κ1) is 41.0. The van der Waals surface area contributed by atoms with Crippen molar-refractivity contribution in [2.75, 3.05) is 13.2 Å². The maximum Gasteiger partial charge on any atom is 0.469 e. The van der Waals surface area contributed by atoms with Gasteiger partial charge in [-0.05, 0) is 12.8 Å². The third-order valence-electron chi connectivity index (χ3n) is 7.63. The molecule has 8 nitrogen and oxygen atoms in total. The Morgan fingerprint density at radius 1 is 0.524 bits per heavy atom.